The van der Waals surface area contributed by atoms with Crippen molar-refractivity contribution in [3.05, 3.63) is 28.7 Å². The molecule has 0 aromatic heterocycles. The van der Waals surface area contributed by atoms with Gasteiger partial charge in [-0.1, -0.05) is 13.0 Å². The normalized spacial score (nSPS) is 20.2. The van der Waals surface area contributed by atoms with Crippen molar-refractivity contribution in [3.63, 3.8) is 0 Å². The molecule has 3 amide bonds. The Labute approximate surface area is 168 Å². The molecule has 2 aliphatic heterocycles. The first-order chi connectivity index (χ1) is 13.4. The number of hydrogen-bond donors (Lipinski definition) is 1. The van der Waals surface area contributed by atoms with E-state index in [0.29, 0.717) is 27.9 Å². The number of thioether (sulfide) groups is 1. The zero-order valence-electron chi connectivity index (χ0n) is 16.2. The number of ether oxygens (including phenoxy) is 2. The molecule has 0 aliphatic carbocycles. The number of nitrogens with zero attached hydrogens (tertiary/aromatic N) is 1. The fraction of sp³-hybridized carbons (Fsp3) is 0.450. The lowest BCUT2D eigenvalue weighted by atomic mass is 9.99. The maximum atomic E-state index is 12.6. The molecule has 2 heterocycles. The predicted octanol–water partition coefficient (Wildman–Crippen LogP) is 3.04. The molecule has 2 saturated heterocycles. The number of carbonyl (C=O) groups excluding carboxylic acids is 3. The quantitative estimate of drug-likeness (QED) is 0.760. The molecular formula is C20H24N2O5S. The summed E-state index contributed by atoms with van der Waals surface area (Å²) in [6.07, 6.45) is 3.01. The van der Waals surface area contributed by atoms with E-state index in [0.717, 1.165) is 37.7 Å². The Hall–Kier alpha value is -2.48. The monoisotopic (exact) mass is 404 g/mol. The molecule has 8 heteroatoms. The van der Waals surface area contributed by atoms with Crippen molar-refractivity contribution in [2.45, 2.75) is 32.8 Å². The molecule has 0 radical (unpaired) electrons. The number of methoxy groups -OCH3 is 1. The maximum absolute atomic E-state index is 12.6. The summed E-state index contributed by atoms with van der Waals surface area (Å²) in [5.74, 6) is 1.12. The van der Waals surface area contributed by atoms with Gasteiger partial charge in [-0.2, -0.15) is 0 Å². The second-order valence-corrected chi connectivity index (χ2v) is 8.05. The van der Waals surface area contributed by atoms with Gasteiger partial charge in [-0.05, 0) is 61.2 Å². The van der Waals surface area contributed by atoms with Gasteiger partial charge in [-0.15, -0.1) is 0 Å². The van der Waals surface area contributed by atoms with Gasteiger partial charge in [0.15, 0.2) is 17.6 Å². The van der Waals surface area contributed by atoms with E-state index in [1.165, 1.54) is 7.11 Å². The number of carbonyl (C=O) groups is 3. The van der Waals surface area contributed by atoms with Gasteiger partial charge in [0.25, 0.3) is 17.1 Å². The summed E-state index contributed by atoms with van der Waals surface area (Å²) in [5, 5.41) is 1.83. The maximum Gasteiger partial charge on any atom is 0.290 e. The Bertz CT molecular complexity index is 815. The lowest BCUT2D eigenvalue weighted by Crippen LogP contribution is -2.44. The van der Waals surface area contributed by atoms with Gasteiger partial charge in [0.1, 0.15) is 0 Å². The Kier molecular flexibility index (Phi) is 6.28. The van der Waals surface area contributed by atoms with Crippen LogP contribution in [0.4, 0.5) is 4.79 Å². The third-order valence-electron chi connectivity index (χ3n) is 4.87. The average molecular weight is 404 g/mol. The van der Waals surface area contributed by atoms with Crippen LogP contribution in [0, 0.1) is 5.92 Å². The zero-order valence-corrected chi connectivity index (χ0v) is 17.0. The molecule has 28 heavy (non-hydrogen) atoms. The van der Waals surface area contributed by atoms with Crippen molar-refractivity contribution in [1.29, 1.82) is 0 Å². The molecule has 0 spiro atoms. The third-order valence-corrected chi connectivity index (χ3v) is 5.68. The number of benzene rings is 1. The van der Waals surface area contributed by atoms with E-state index in [2.05, 4.69) is 12.2 Å². The molecule has 3 rings (SSSR count). The summed E-state index contributed by atoms with van der Waals surface area (Å²) < 4.78 is 11.3. The highest BCUT2D eigenvalue weighted by atomic mass is 32.2. The van der Waals surface area contributed by atoms with E-state index < -0.39 is 12.0 Å². The van der Waals surface area contributed by atoms with Crippen molar-refractivity contribution < 1.29 is 23.9 Å². The molecule has 0 saturated carbocycles. The minimum atomic E-state index is -0.625. The van der Waals surface area contributed by atoms with Crippen molar-refractivity contribution in [3.8, 4) is 11.5 Å². The van der Waals surface area contributed by atoms with Crippen LogP contribution in [0.15, 0.2) is 23.1 Å². The molecular weight excluding hydrogens is 380 g/mol. The summed E-state index contributed by atoms with van der Waals surface area (Å²) in [6, 6.07) is 5.16. The predicted molar refractivity (Wildman–Crippen MR) is 107 cm³/mol. The van der Waals surface area contributed by atoms with Crippen LogP contribution in [-0.4, -0.2) is 48.3 Å². The molecule has 1 atom stereocenters. The summed E-state index contributed by atoms with van der Waals surface area (Å²) in [5.41, 5.74) is 0.695. The summed E-state index contributed by atoms with van der Waals surface area (Å²) >= 11 is 0.856. The van der Waals surface area contributed by atoms with Gasteiger partial charge >= 0.3 is 0 Å². The van der Waals surface area contributed by atoms with Crippen LogP contribution in [0.3, 0.4) is 0 Å². The van der Waals surface area contributed by atoms with Crippen LogP contribution in [0.5, 0.6) is 11.5 Å². The Morgan fingerprint density at radius 1 is 1.29 bits per heavy atom. The minimum absolute atomic E-state index is 0.0299. The standard InChI is InChI=1S/C20H24N2O5S/c1-12-6-8-22(9-7-12)19(24)13(2)27-15-5-4-14(10-16(15)26-3)11-17-18(23)21-20(25)28-17/h4-5,10-13H,6-9H2,1-3H3,(H,21,23,25)/b17-11-. The van der Waals surface area contributed by atoms with Gasteiger partial charge < -0.3 is 14.4 Å². The molecule has 2 aliphatic rings. The van der Waals surface area contributed by atoms with Gasteiger partial charge in [-0.25, -0.2) is 0 Å². The number of rotatable bonds is 5. The molecule has 150 valence electrons. The smallest absolute Gasteiger partial charge is 0.290 e. The fourth-order valence-corrected chi connectivity index (χ4v) is 3.85. The van der Waals surface area contributed by atoms with Crippen LogP contribution in [0.1, 0.15) is 32.3 Å². The highest BCUT2D eigenvalue weighted by molar-refractivity contribution is 8.18. The number of hydrogen-bond acceptors (Lipinski definition) is 6. The van der Waals surface area contributed by atoms with E-state index in [1.807, 2.05) is 4.90 Å². The number of piperidine rings is 1. The molecule has 0 bridgehead atoms. The van der Waals surface area contributed by atoms with Crippen LogP contribution in [0.25, 0.3) is 6.08 Å². The summed E-state index contributed by atoms with van der Waals surface area (Å²) in [6.45, 7) is 5.46. The number of amides is 3. The van der Waals surface area contributed by atoms with Gasteiger partial charge in [0.2, 0.25) is 0 Å². The van der Waals surface area contributed by atoms with Gasteiger partial charge in [0.05, 0.1) is 12.0 Å². The van der Waals surface area contributed by atoms with Crippen LogP contribution < -0.4 is 14.8 Å². The zero-order chi connectivity index (χ0) is 20.3. The topological polar surface area (TPSA) is 84.9 Å². The van der Waals surface area contributed by atoms with Gasteiger partial charge in [0, 0.05) is 13.1 Å². The highest BCUT2D eigenvalue weighted by Crippen LogP contribution is 2.32. The Morgan fingerprint density at radius 3 is 2.61 bits per heavy atom. The van der Waals surface area contributed by atoms with Crippen molar-refractivity contribution in [2.75, 3.05) is 20.2 Å². The number of nitrogens with one attached hydrogen (secondary N) is 1. The largest absolute Gasteiger partial charge is 0.493 e. The Balaban J connectivity index is 1.70. The molecule has 1 unspecified atom stereocenters. The van der Waals surface area contributed by atoms with Crippen LogP contribution >= 0.6 is 11.8 Å². The van der Waals surface area contributed by atoms with E-state index >= 15 is 0 Å². The molecule has 2 fully saturated rings. The first kappa shape index (κ1) is 20.3. The second-order valence-electron chi connectivity index (χ2n) is 7.03. The Morgan fingerprint density at radius 2 is 2.00 bits per heavy atom. The molecule has 7 nitrogen and oxygen atoms in total. The van der Waals surface area contributed by atoms with Crippen LogP contribution in [0.2, 0.25) is 0 Å². The lowest BCUT2D eigenvalue weighted by molar-refractivity contribution is -0.139. The summed E-state index contributed by atoms with van der Waals surface area (Å²) in [7, 11) is 1.51. The average Bonchev–Trinajstić information content (AvgIpc) is 2.99. The molecule has 1 aromatic carbocycles. The van der Waals surface area contributed by atoms with E-state index in [4.69, 9.17) is 9.47 Å². The second kappa shape index (κ2) is 8.68. The first-order valence-electron chi connectivity index (χ1n) is 9.25. The van der Waals surface area contributed by atoms with E-state index in [-0.39, 0.29) is 11.1 Å². The van der Waals surface area contributed by atoms with Crippen molar-refractivity contribution in [1.82, 2.24) is 10.2 Å². The van der Waals surface area contributed by atoms with Crippen molar-refractivity contribution in [2.24, 2.45) is 5.92 Å². The third kappa shape index (κ3) is 4.67. The van der Waals surface area contributed by atoms with Crippen molar-refractivity contribution >= 4 is 34.9 Å². The van der Waals surface area contributed by atoms with E-state index in [1.54, 1.807) is 31.2 Å². The van der Waals surface area contributed by atoms with Crippen LogP contribution in [-0.2, 0) is 9.59 Å². The first-order valence-corrected chi connectivity index (χ1v) is 10.1. The van der Waals surface area contributed by atoms with Gasteiger partial charge in [-0.3, -0.25) is 19.7 Å². The fourth-order valence-electron chi connectivity index (χ4n) is 3.17. The molecule has 1 N–H and O–H groups in total. The number of likely N-dealkylation sites (tertiary alicyclic amines) is 1. The lowest BCUT2D eigenvalue weighted by Gasteiger charge is -2.32. The SMILES string of the molecule is COc1cc(/C=C2\SC(=O)NC2=O)ccc1OC(C)C(=O)N1CCC(C)CC1. The number of imide groups is 1. The minimum Gasteiger partial charge on any atom is -0.493 e. The highest BCUT2D eigenvalue weighted by Gasteiger charge is 2.27. The summed E-state index contributed by atoms with van der Waals surface area (Å²) in [4.78, 5) is 37.8. The molecule has 1 aromatic rings. The van der Waals surface area contributed by atoms with E-state index in [9.17, 15) is 14.4 Å².